The Balaban J connectivity index is 1.95. The van der Waals surface area contributed by atoms with Crippen molar-refractivity contribution in [3.63, 3.8) is 0 Å². The summed E-state index contributed by atoms with van der Waals surface area (Å²) in [5.74, 6) is -1.29. The van der Waals surface area contributed by atoms with Gasteiger partial charge in [-0.3, -0.25) is 24.0 Å². The van der Waals surface area contributed by atoms with Crippen LogP contribution in [0.1, 0.15) is 54.6 Å². The van der Waals surface area contributed by atoms with E-state index in [-0.39, 0.29) is 32.0 Å². The molecule has 3 rings (SSSR count). The van der Waals surface area contributed by atoms with Crippen LogP contribution in [-0.2, 0) is 25.6 Å². The molecule has 0 saturated carbocycles. The lowest BCUT2D eigenvalue weighted by Gasteiger charge is -2.30. The highest BCUT2D eigenvalue weighted by Crippen LogP contribution is 2.17. The molecule has 222 valence electrons. The number of benzene rings is 1. The van der Waals surface area contributed by atoms with E-state index in [4.69, 9.17) is 4.42 Å². The van der Waals surface area contributed by atoms with Gasteiger partial charge in [0.1, 0.15) is 29.6 Å². The van der Waals surface area contributed by atoms with E-state index < -0.39 is 47.7 Å². The van der Waals surface area contributed by atoms with Crippen molar-refractivity contribution in [3.05, 3.63) is 59.0 Å². The molecule has 5 amide bonds. The van der Waals surface area contributed by atoms with Crippen molar-refractivity contribution in [1.82, 2.24) is 25.8 Å². The van der Waals surface area contributed by atoms with Gasteiger partial charge in [0.05, 0.1) is 12.1 Å². The van der Waals surface area contributed by atoms with Crippen molar-refractivity contribution in [2.75, 3.05) is 26.7 Å². The minimum Gasteiger partial charge on any atom is -0.466 e. The molecule has 41 heavy (non-hydrogen) atoms. The third-order valence-electron chi connectivity index (χ3n) is 7.14. The van der Waals surface area contributed by atoms with Crippen LogP contribution in [0, 0.1) is 19.8 Å². The van der Waals surface area contributed by atoms with Gasteiger partial charge in [0.25, 0.3) is 5.91 Å². The molecule has 11 nitrogen and oxygen atoms in total. The number of nitrogens with one attached hydrogen (secondary N) is 3. The molecule has 1 aliphatic rings. The molecule has 1 aliphatic heterocycles. The predicted octanol–water partition coefficient (Wildman–Crippen LogP) is 1.57. The van der Waals surface area contributed by atoms with Gasteiger partial charge in [-0.15, -0.1) is 0 Å². The van der Waals surface area contributed by atoms with Crippen LogP contribution in [0.3, 0.4) is 0 Å². The standard InChI is InChI=1S/C30H41N5O6/c1-18(2)14-25-30(40)34(6)20(4)27(37)33-24(16-22-10-8-7-9-11-22)28(38)31-12-13-35(17-26(36)32-25)29(39)23-15-19(3)41-21(23)5/h7-11,15,18,20,24-25H,12-14,16-17H2,1-6H3,(H,31,38)(H,32,36)(H,33,37)/t20-,24-,25-/m0/s1. The van der Waals surface area contributed by atoms with Gasteiger partial charge in [-0.25, -0.2) is 0 Å². The molecule has 2 aromatic rings. The average Bonchev–Trinajstić information content (AvgIpc) is 3.27. The van der Waals surface area contributed by atoms with Gasteiger partial charge in [-0.1, -0.05) is 44.2 Å². The summed E-state index contributed by atoms with van der Waals surface area (Å²) < 4.78 is 5.52. The second-order valence-corrected chi connectivity index (χ2v) is 11.0. The van der Waals surface area contributed by atoms with Crippen molar-refractivity contribution in [2.24, 2.45) is 5.92 Å². The second kappa shape index (κ2) is 14.0. The molecular weight excluding hydrogens is 526 g/mol. The maximum Gasteiger partial charge on any atom is 0.257 e. The van der Waals surface area contributed by atoms with Crippen LogP contribution in [0.2, 0.25) is 0 Å². The number of furan rings is 1. The molecule has 3 N–H and O–H groups in total. The third kappa shape index (κ3) is 8.42. The smallest absolute Gasteiger partial charge is 0.257 e. The summed E-state index contributed by atoms with van der Waals surface area (Å²) in [6.07, 6.45) is 0.572. The van der Waals surface area contributed by atoms with E-state index in [1.165, 1.54) is 16.8 Å². The van der Waals surface area contributed by atoms with Gasteiger partial charge >= 0.3 is 0 Å². The SMILES string of the molecule is Cc1cc(C(=O)N2CCNC(=O)[C@H](Cc3ccccc3)NC(=O)[C@H](C)N(C)C(=O)[C@H](CC(C)C)NC(=O)C2)c(C)o1. The van der Waals surface area contributed by atoms with Crippen molar-refractivity contribution < 1.29 is 28.4 Å². The second-order valence-electron chi connectivity index (χ2n) is 11.0. The third-order valence-corrected chi connectivity index (χ3v) is 7.14. The van der Waals surface area contributed by atoms with E-state index in [2.05, 4.69) is 16.0 Å². The van der Waals surface area contributed by atoms with E-state index in [1.54, 1.807) is 26.8 Å². The van der Waals surface area contributed by atoms with Crippen LogP contribution in [0.4, 0.5) is 0 Å². The normalized spacial score (nSPS) is 21.6. The molecule has 0 bridgehead atoms. The van der Waals surface area contributed by atoms with Crippen LogP contribution < -0.4 is 16.0 Å². The highest BCUT2D eigenvalue weighted by Gasteiger charge is 2.33. The quantitative estimate of drug-likeness (QED) is 0.501. The lowest BCUT2D eigenvalue weighted by Crippen LogP contribution is -2.57. The van der Waals surface area contributed by atoms with E-state index in [0.29, 0.717) is 23.5 Å². The number of likely N-dealkylation sites (N-methyl/N-ethyl adjacent to an activating group) is 1. The highest BCUT2D eigenvalue weighted by molar-refractivity contribution is 5.98. The molecule has 1 aromatic carbocycles. The van der Waals surface area contributed by atoms with Crippen molar-refractivity contribution in [1.29, 1.82) is 0 Å². The van der Waals surface area contributed by atoms with Crippen LogP contribution in [0.5, 0.6) is 0 Å². The predicted molar refractivity (Wildman–Crippen MR) is 153 cm³/mol. The first-order valence-corrected chi connectivity index (χ1v) is 13.9. The Morgan fingerprint density at radius 3 is 2.32 bits per heavy atom. The fourth-order valence-electron chi connectivity index (χ4n) is 4.77. The van der Waals surface area contributed by atoms with E-state index in [1.807, 2.05) is 44.2 Å². The first-order chi connectivity index (χ1) is 19.4. The summed E-state index contributed by atoms with van der Waals surface area (Å²) in [4.78, 5) is 69.3. The molecule has 2 heterocycles. The summed E-state index contributed by atoms with van der Waals surface area (Å²) in [6, 6.07) is 8.15. The summed E-state index contributed by atoms with van der Waals surface area (Å²) in [5, 5.41) is 8.37. The summed E-state index contributed by atoms with van der Waals surface area (Å²) in [7, 11) is 1.50. The Hall–Kier alpha value is -4.15. The maximum atomic E-state index is 13.5. The molecule has 3 atom stereocenters. The Morgan fingerprint density at radius 2 is 1.71 bits per heavy atom. The number of hydrogen-bond donors (Lipinski definition) is 3. The topological polar surface area (TPSA) is 141 Å². The number of aryl methyl sites for hydroxylation is 2. The fourth-order valence-corrected chi connectivity index (χ4v) is 4.77. The van der Waals surface area contributed by atoms with Crippen LogP contribution in [0.15, 0.2) is 40.8 Å². The number of carbonyl (C=O) groups excluding carboxylic acids is 5. The van der Waals surface area contributed by atoms with E-state index in [9.17, 15) is 24.0 Å². The van der Waals surface area contributed by atoms with Crippen LogP contribution in [-0.4, -0.2) is 84.1 Å². The molecule has 11 heteroatoms. The number of nitrogens with zero attached hydrogens (tertiary/aromatic N) is 2. The fraction of sp³-hybridized carbons (Fsp3) is 0.500. The zero-order valence-corrected chi connectivity index (χ0v) is 24.7. The van der Waals surface area contributed by atoms with Gasteiger partial charge in [-0.05, 0) is 44.7 Å². The number of carbonyl (C=O) groups is 5. The minimum absolute atomic E-state index is 0.0206. The lowest BCUT2D eigenvalue weighted by molar-refractivity contribution is -0.142. The van der Waals surface area contributed by atoms with Gasteiger partial charge in [0, 0.05) is 26.6 Å². The monoisotopic (exact) mass is 567 g/mol. The van der Waals surface area contributed by atoms with Crippen molar-refractivity contribution in [2.45, 2.75) is 65.6 Å². The van der Waals surface area contributed by atoms with Gasteiger partial charge in [0.15, 0.2) is 0 Å². The first kappa shape index (κ1) is 31.4. The maximum absolute atomic E-state index is 13.5. The minimum atomic E-state index is -0.921. The van der Waals surface area contributed by atoms with Gasteiger partial charge < -0.3 is 30.2 Å². The average molecular weight is 568 g/mol. The number of rotatable bonds is 5. The zero-order valence-electron chi connectivity index (χ0n) is 24.7. The highest BCUT2D eigenvalue weighted by atomic mass is 16.3. The van der Waals surface area contributed by atoms with Gasteiger partial charge in [0.2, 0.25) is 23.6 Å². The molecule has 0 aliphatic carbocycles. The molecular formula is C30H41N5O6. The van der Waals surface area contributed by atoms with E-state index in [0.717, 1.165) is 5.56 Å². The Kier molecular flexibility index (Phi) is 10.7. The zero-order chi connectivity index (χ0) is 30.3. The number of amides is 5. The van der Waals surface area contributed by atoms with Gasteiger partial charge in [-0.2, -0.15) is 0 Å². The molecule has 1 aromatic heterocycles. The Bertz CT molecular complexity index is 1260. The van der Waals surface area contributed by atoms with Crippen molar-refractivity contribution >= 4 is 29.5 Å². The van der Waals surface area contributed by atoms with E-state index >= 15 is 0 Å². The largest absolute Gasteiger partial charge is 0.466 e. The first-order valence-electron chi connectivity index (χ1n) is 13.9. The van der Waals surface area contributed by atoms with Crippen LogP contribution in [0.25, 0.3) is 0 Å². The Morgan fingerprint density at radius 1 is 1.02 bits per heavy atom. The number of hydrogen-bond acceptors (Lipinski definition) is 6. The Labute approximate surface area is 241 Å². The molecule has 0 spiro atoms. The lowest BCUT2D eigenvalue weighted by atomic mass is 10.0. The van der Waals surface area contributed by atoms with Crippen molar-refractivity contribution in [3.8, 4) is 0 Å². The molecule has 1 fully saturated rings. The molecule has 1 saturated heterocycles. The van der Waals surface area contributed by atoms with Crippen LogP contribution >= 0.6 is 0 Å². The summed E-state index contributed by atoms with van der Waals surface area (Å²) in [6.45, 7) is 8.55. The summed E-state index contributed by atoms with van der Waals surface area (Å²) in [5.41, 5.74) is 1.16. The molecule has 0 radical (unpaired) electrons. The summed E-state index contributed by atoms with van der Waals surface area (Å²) >= 11 is 0. The molecule has 0 unspecified atom stereocenters.